The van der Waals surface area contributed by atoms with Crippen molar-refractivity contribution < 1.29 is 13.9 Å². The van der Waals surface area contributed by atoms with Gasteiger partial charge in [-0.05, 0) is 41.3 Å². The highest BCUT2D eigenvalue weighted by atomic mass is 19.1. The summed E-state index contributed by atoms with van der Waals surface area (Å²) >= 11 is 0. The molecule has 0 fully saturated rings. The third-order valence-corrected chi connectivity index (χ3v) is 6.07. The summed E-state index contributed by atoms with van der Waals surface area (Å²) in [6.45, 7) is 5.42. The van der Waals surface area contributed by atoms with Crippen LogP contribution in [0.25, 0.3) is 10.9 Å². The molecule has 5 heteroatoms. The van der Waals surface area contributed by atoms with Crippen molar-refractivity contribution >= 4 is 16.8 Å². The van der Waals surface area contributed by atoms with Gasteiger partial charge in [0.1, 0.15) is 11.6 Å². The quantitative estimate of drug-likeness (QED) is 0.328. The van der Waals surface area contributed by atoms with Crippen LogP contribution in [0, 0.1) is 11.7 Å². The Hall–Kier alpha value is -3.60. The van der Waals surface area contributed by atoms with Crippen LogP contribution >= 0.6 is 0 Å². The van der Waals surface area contributed by atoms with Crippen LogP contribution in [-0.4, -0.2) is 24.1 Å². The van der Waals surface area contributed by atoms with E-state index >= 15 is 0 Å². The summed E-state index contributed by atoms with van der Waals surface area (Å²) < 4.78 is 21.3. The zero-order valence-corrected chi connectivity index (χ0v) is 19.9. The van der Waals surface area contributed by atoms with Gasteiger partial charge in [-0.3, -0.25) is 4.79 Å². The number of amides is 1. The van der Waals surface area contributed by atoms with E-state index in [0.717, 1.165) is 33.3 Å². The van der Waals surface area contributed by atoms with E-state index in [1.54, 1.807) is 19.2 Å². The maximum Gasteiger partial charge on any atom is 0.220 e. The standard InChI is InChI=1S/C29H31FN2O2/c1-20(2)17-31-29(33)16-25(24-9-5-7-11-28(24)34-3)26-19-32(27-10-6-4-8-23(26)27)18-21-12-14-22(30)15-13-21/h4-15,19-20,25H,16-18H2,1-3H3,(H,31,33). The first kappa shape index (κ1) is 23.6. The first-order valence-corrected chi connectivity index (χ1v) is 11.7. The zero-order chi connectivity index (χ0) is 24.1. The van der Waals surface area contributed by atoms with E-state index in [1.807, 2.05) is 36.4 Å². The summed E-state index contributed by atoms with van der Waals surface area (Å²) in [6.07, 6.45) is 2.44. The second-order valence-corrected chi connectivity index (χ2v) is 9.05. The SMILES string of the molecule is COc1ccccc1C(CC(=O)NCC(C)C)c1cn(Cc2ccc(F)cc2)c2ccccc12. The van der Waals surface area contributed by atoms with Gasteiger partial charge in [-0.1, -0.05) is 62.4 Å². The lowest BCUT2D eigenvalue weighted by atomic mass is 9.87. The Bertz CT molecular complexity index is 1260. The molecular weight excluding hydrogens is 427 g/mol. The molecule has 0 bridgehead atoms. The van der Waals surface area contributed by atoms with Gasteiger partial charge in [0.25, 0.3) is 0 Å². The molecular formula is C29H31FN2O2. The second kappa shape index (κ2) is 10.6. The Morgan fingerprint density at radius 1 is 0.971 bits per heavy atom. The van der Waals surface area contributed by atoms with E-state index < -0.39 is 0 Å². The minimum atomic E-state index is -0.245. The van der Waals surface area contributed by atoms with Crippen LogP contribution in [0.5, 0.6) is 5.75 Å². The average Bonchev–Trinajstić information content (AvgIpc) is 3.21. The number of carbonyl (C=O) groups excluding carboxylic acids is 1. The van der Waals surface area contributed by atoms with Gasteiger partial charge >= 0.3 is 0 Å². The topological polar surface area (TPSA) is 43.3 Å². The Morgan fingerprint density at radius 3 is 2.41 bits per heavy atom. The number of nitrogens with one attached hydrogen (secondary N) is 1. The van der Waals surface area contributed by atoms with Gasteiger partial charge in [-0.2, -0.15) is 0 Å². The number of ether oxygens (including phenoxy) is 1. The van der Waals surface area contributed by atoms with Gasteiger partial charge in [-0.15, -0.1) is 0 Å². The molecule has 1 heterocycles. The van der Waals surface area contributed by atoms with Gasteiger partial charge in [0.2, 0.25) is 5.91 Å². The maximum absolute atomic E-state index is 13.4. The number of methoxy groups -OCH3 is 1. The van der Waals surface area contributed by atoms with E-state index in [1.165, 1.54) is 12.1 Å². The van der Waals surface area contributed by atoms with Crippen molar-refractivity contribution in [3.05, 3.63) is 102 Å². The Labute approximate surface area is 200 Å². The van der Waals surface area contributed by atoms with Crippen molar-refractivity contribution in [1.29, 1.82) is 0 Å². The van der Waals surface area contributed by atoms with Crippen LogP contribution in [0.4, 0.5) is 4.39 Å². The smallest absolute Gasteiger partial charge is 0.220 e. The van der Waals surface area contributed by atoms with Gasteiger partial charge in [0.15, 0.2) is 0 Å². The highest BCUT2D eigenvalue weighted by Gasteiger charge is 2.25. The number of para-hydroxylation sites is 2. The molecule has 176 valence electrons. The molecule has 34 heavy (non-hydrogen) atoms. The summed E-state index contributed by atoms with van der Waals surface area (Å²) in [5.74, 6) is 0.735. The average molecular weight is 459 g/mol. The van der Waals surface area contributed by atoms with E-state index in [0.29, 0.717) is 25.4 Å². The normalized spacial score (nSPS) is 12.1. The fourth-order valence-electron chi connectivity index (χ4n) is 4.39. The van der Waals surface area contributed by atoms with Gasteiger partial charge in [0, 0.05) is 48.1 Å². The lowest BCUT2D eigenvalue weighted by Crippen LogP contribution is -2.28. The highest BCUT2D eigenvalue weighted by molar-refractivity contribution is 5.87. The minimum Gasteiger partial charge on any atom is -0.496 e. The summed E-state index contributed by atoms with van der Waals surface area (Å²) in [7, 11) is 1.66. The number of hydrogen-bond acceptors (Lipinski definition) is 2. The third kappa shape index (κ3) is 5.30. The van der Waals surface area contributed by atoms with E-state index in [2.05, 4.69) is 42.1 Å². The van der Waals surface area contributed by atoms with Gasteiger partial charge in [0.05, 0.1) is 7.11 Å². The van der Waals surface area contributed by atoms with Gasteiger partial charge in [-0.25, -0.2) is 4.39 Å². The second-order valence-electron chi connectivity index (χ2n) is 9.05. The predicted molar refractivity (Wildman–Crippen MR) is 135 cm³/mol. The zero-order valence-electron chi connectivity index (χ0n) is 19.9. The number of carbonyl (C=O) groups is 1. The molecule has 4 rings (SSSR count). The van der Waals surface area contributed by atoms with Crippen molar-refractivity contribution in [3.63, 3.8) is 0 Å². The van der Waals surface area contributed by atoms with Gasteiger partial charge < -0.3 is 14.6 Å². The molecule has 1 amide bonds. The number of hydrogen-bond donors (Lipinski definition) is 1. The number of rotatable bonds is 9. The Balaban J connectivity index is 1.78. The fourth-order valence-corrected chi connectivity index (χ4v) is 4.39. The molecule has 0 aliphatic heterocycles. The molecule has 1 N–H and O–H groups in total. The van der Waals surface area contributed by atoms with Crippen LogP contribution in [0.15, 0.2) is 79.0 Å². The van der Waals surface area contributed by atoms with Crippen LogP contribution in [0.3, 0.4) is 0 Å². The minimum absolute atomic E-state index is 0.0139. The molecule has 0 aliphatic carbocycles. The van der Waals surface area contributed by atoms with Crippen molar-refractivity contribution in [3.8, 4) is 5.75 Å². The van der Waals surface area contributed by atoms with Crippen LogP contribution in [0.1, 0.15) is 42.9 Å². The fraction of sp³-hybridized carbons (Fsp3) is 0.276. The highest BCUT2D eigenvalue weighted by Crippen LogP contribution is 2.38. The number of aromatic nitrogens is 1. The lowest BCUT2D eigenvalue weighted by molar-refractivity contribution is -0.121. The summed E-state index contributed by atoms with van der Waals surface area (Å²) in [4.78, 5) is 13.0. The molecule has 0 radical (unpaired) electrons. The predicted octanol–water partition coefficient (Wildman–Crippen LogP) is 6.13. The van der Waals surface area contributed by atoms with E-state index in [-0.39, 0.29) is 17.6 Å². The summed E-state index contributed by atoms with van der Waals surface area (Å²) in [5.41, 5.74) is 4.14. The molecule has 1 aromatic heterocycles. The maximum atomic E-state index is 13.4. The summed E-state index contributed by atoms with van der Waals surface area (Å²) in [6, 6.07) is 22.7. The molecule has 0 aliphatic rings. The van der Waals surface area contributed by atoms with Crippen molar-refractivity contribution in [2.75, 3.05) is 13.7 Å². The Kier molecular flexibility index (Phi) is 7.31. The largest absolute Gasteiger partial charge is 0.496 e. The number of nitrogens with zero attached hydrogens (tertiary/aromatic N) is 1. The van der Waals surface area contributed by atoms with Crippen molar-refractivity contribution in [1.82, 2.24) is 9.88 Å². The van der Waals surface area contributed by atoms with E-state index in [4.69, 9.17) is 4.74 Å². The number of fused-ring (bicyclic) bond motifs is 1. The van der Waals surface area contributed by atoms with Crippen LogP contribution < -0.4 is 10.1 Å². The molecule has 0 saturated carbocycles. The Morgan fingerprint density at radius 2 is 1.68 bits per heavy atom. The lowest BCUT2D eigenvalue weighted by Gasteiger charge is -2.20. The van der Waals surface area contributed by atoms with Crippen LogP contribution in [0.2, 0.25) is 0 Å². The molecule has 4 aromatic rings. The third-order valence-electron chi connectivity index (χ3n) is 6.07. The monoisotopic (exact) mass is 458 g/mol. The molecule has 1 unspecified atom stereocenters. The molecule has 0 saturated heterocycles. The first-order chi connectivity index (χ1) is 16.5. The van der Waals surface area contributed by atoms with Crippen molar-refractivity contribution in [2.24, 2.45) is 5.92 Å². The first-order valence-electron chi connectivity index (χ1n) is 11.7. The molecule has 3 aromatic carbocycles. The number of benzene rings is 3. The molecule has 4 nitrogen and oxygen atoms in total. The summed E-state index contributed by atoms with van der Waals surface area (Å²) in [5, 5.41) is 4.16. The van der Waals surface area contributed by atoms with Crippen molar-refractivity contribution in [2.45, 2.75) is 32.7 Å². The number of halogens is 1. The molecule has 0 spiro atoms. The molecule has 1 atom stereocenters. The van der Waals surface area contributed by atoms with E-state index in [9.17, 15) is 9.18 Å². The van der Waals surface area contributed by atoms with Crippen LogP contribution in [-0.2, 0) is 11.3 Å².